The lowest BCUT2D eigenvalue weighted by atomic mass is 10.0. The second kappa shape index (κ2) is 7.54. The van der Waals surface area contributed by atoms with Crippen LogP contribution < -0.4 is 10.6 Å². The molecule has 6 nitrogen and oxygen atoms in total. The number of carbonyl (C=O) groups is 3. The van der Waals surface area contributed by atoms with Gasteiger partial charge < -0.3 is 15.4 Å². The fourth-order valence-electron chi connectivity index (χ4n) is 2.53. The van der Waals surface area contributed by atoms with Crippen molar-refractivity contribution in [3.05, 3.63) is 35.4 Å². The van der Waals surface area contributed by atoms with E-state index in [1.807, 2.05) is 0 Å². The number of hydrogen-bond donors (Lipinski definition) is 2. The van der Waals surface area contributed by atoms with Crippen molar-refractivity contribution in [3.63, 3.8) is 0 Å². The number of carbonyl (C=O) groups excluding carboxylic acids is 3. The maximum Gasteiger partial charge on any atom is 0.416 e. The molecular formula is C16H17F3N2O4. The minimum absolute atomic E-state index is 0.164. The molecule has 1 aliphatic heterocycles. The highest BCUT2D eigenvalue weighted by atomic mass is 19.4. The van der Waals surface area contributed by atoms with Crippen LogP contribution in [0.4, 0.5) is 13.2 Å². The highest BCUT2D eigenvalue weighted by Gasteiger charge is 2.32. The summed E-state index contributed by atoms with van der Waals surface area (Å²) in [5, 5.41) is 4.88. The molecule has 0 radical (unpaired) electrons. The van der Waals surface area contributed by atoms with Crippen LogP contribution in [0.15, 0.2) is 24.3 Å². The monoisotopic (exact) mass is 358 g/mol. The van der Waals surface area contributed by atoms with Gasteiger partial charge in [0.05, 0.1) is 12.7 Å². The average molecular weight is 358 g/mol. The van der Waals surface area contributed by atoms with Gasteiger partial charge in [0.15, 0.2) is 0 Å². The van der Waals surface area contributed by atoms with Gasteiger partial charge in [-0.15, -0.1) is 0 Å². The Morgan fingerprint density at radius 1 is 1.40 bits per heavy atom. The molecule has 2 atom stereocenters. The molecule has 136 valence electrons. The second-order valence-electron chi connectivity index (χ2n) is 5.65. The lowest BCUT2D eigenvalue weighted by Gasteiger charge is -2.19. The fraction of sp³-hybridized carbons (Fsp3) is 0.438. The van der Waals surface area contributed by atoms with Crippen LogP contribution in [-0.4, -0.2) is 37.0 Å². The van der Waals surface area contributed by atoms with E-state index in [4.69, 9.17) is 0 Å². The maximum atomic E-state index is 12.8. The summed E-state index contributed by atoms with van der Waals surface area (Å²) in [6, 6.07) is 2.57. The Morgan fingerprint density at radius 3 is 2.68 bits per heavy atom. The van der Waals surface area contributed by atoms with E-state index < -0.39 is 35.7 Å². The zero-order chi connectivity index (χ0) is 18.6. The number of methoxy groups -OCH3 is 1. The third-order valence-corrected chi connectivity index (χ3v) is 3.81. The Morgan fingerprint density at radius 2 is 2.12 bits per heavy atom. The van der Waals surface area contributed by atoms with Gasteiger partial charge in [-0.1, -0.05) is 18.2 Å². The van der Waals surface area contributed by atoms with E-state index in [1.54, 1.807) is 0 Å². The van der Waals surface area contributed by atoms with Crippen LogP contribution in [0.5, 0.6) is 0 Å². The van der Waals surface area contributed by atoms with Crippen LogP contribution in [0.1, 0.15) is 24.0 Å². The van der Waals surface area contributed by atoms with E-state index in [0.29, 0.717) is 6.42 Å². The average Bonchev–Trinajstić information content (AvgIpc) is 2.99. The molecule has 1 fully saturated rings. The lowest BCUT2D eigenvalue weighted by molar-refractivity contribution is -0.145. The Kier molecular flexibility index (Phi) is 5.66. The van der Waals surface area contributed by atoms with E-state index in [1.165, 1.54) is 12.1 Å². The number of alkyl halides is 3. The summed E-state index contributed by atoms with van der Waals surface area (Å²) in [7, 11) is 1.12. The zero-order valence-corrected chi connectivity index (χ0v) is 13.4. The van der Waals surface area contributed by atoms with Gasteiger partial charge >= 0.3 is 12.1 Å². The van der Waals surface area contributed by atoms with Crippen molar-refractivity contribution in [1.29, 1.82) is 0 Å². The van der Waals surface area contributed by atoms with E-state index in [-0.39, 0.29) is 24.3 Å². The summed E-state index contributed by atoms with van der Waals surface area (Å²) in [6.45, 7) is 0. The van der Waals surface area contributed by atoms with Crippen molar-refractivity contribution in [1.82, 2.24) is 10.6 Å². The molecule has 0 aromatic heterocycles. The molecule has 1 saturated heterocycles. The highest BCUT2D eigenvalue weighted by molar-refractivity contribution is 5.93. The first-order chi connectivity index (χ1) is 11.7. The SMILES string of the molecule is COC(=O)[C@@H](Cc1cccc(C(F)(F)F)c1)NC(=O)[C@@H]1CCC(=O)N1. The third-order valence-electron chi connectivity index (χ3n) is 3.81. The molecule has 0 aliphatic carbocycles. The molecule has 0 unspecified atom stereocenters. The largest absolute Gasteiger partial charge is 0.467 e. The van der Waals surface area contributed by atoms with Crippen molar-refractivity contribution in [2.75, 3.05) is 7.11 Å². The molecule has 1 heterocycles. The van der Waals surface area contributed by atoms with Gasteiger partial charge in [-0.2, -0.15) is 13.2 Å². The Balaban J connectivity index is 2.11. The number of benzene rings is 1. The second-order valence-corrected chi connectivity index (χ2v) is 5.65. The molecular weight excluding hydrogens is 341 g/mol. The smallest absolute Gasteiger partial charge is 0.416 e. The zero-order valence-electron chi connectivity index (χ0n) is 13.4. The minimum Gasteiger partial charge on any atom is -0.467 e. The van der Waals surface area contributed by atoms with Gasteiger partial charge in [-0.05, 0) is 18.1 Å². The Bertz CT molecular complexity index is 676. The summed E-state index contributed by atoms with van der Waals surface area (Å²) in [6.07, 6.45) is -4.17. The molecule has 0 saturated carbocycles. The molecule has 2 rings (SSSR count). The van der Waals surface area contributed by atoms with Crippen molar-refractivity contribution in [2.45, 2.75) is 37.5 Å². The number of amides is 2. The van der Waals surface area contributed by atoms with Gasteiger partial charge in [0.25, 0.3) is 0 Å². The van der Waals surface area contributed by atoms with Gasteiger partial charge in [0.1, 0.15) is 12.1 Å². The minimum atomic E-state index is -4.51. The maximum absolute atomic E-state index is 12.8. The van der Waals surface area contributed by atoms with Gasteiger partial charge in [0, 0.05) is 12.8 Å². The molecule has 9 heteroatoms. The van der Waals surface area contributed by atoms with Crippen LogP contribution >= 0.6 is 0 Å². The molecule has 0 spiro atoms. The first kappa shape index (κ1) is 18.8. The molecule has 0 bridgehead atoms. The van der Waals surface area contributed by atoms with E-state index in [9.17, 15) is 27.6 Å². The van der Waals surface area contributed by atoms with Crippen molar-refractivity contribution < 1.29 is 32.3 Å². The molecule has 1 aromatic rings. The Hall–Kier alpha value is -2.58. The molecule has 2 N–H and O–H groups in total. The van der Waals surface area contributed by atoms with Crippen LogP contribution in [0, 0.1) is 0 Å². The van der Waals surface area contributed by atoms with Crippen molar-refractivity contribution in [3.8, 4) is 0 Å². The number of esters is 1. The van der Waals surface area contributed by atoms with Crippen molar-refractivity contribution >= 4 is 17.8 Å². The van der Waals surface area contributed by atoms with Gasteiger partial charge in [-0.3, -0.25) is 9.59 Å². The number of hydrogen-bond acceptors (Lipinski definition) is 4. The van der Waals surface area contributed by atoms with Crippen LogP contribution in [0.2, 0.25) is 0 Å². The summed E-state index contributed by atoms with van der Waals surface area (Å²) in [5.74, 6) is -1.63. The summed E-state index contributed by atoms with van der Waals surface area (Å²) >= 11 is 0. The van der Waals surface area contributed by atoms with Gasteiger partial charge in [0.2, 0.25) is 11.8 Å². The predicted octanol–water partition coefficient (Wildman–Crippen LogP) is 1.18. The molecule has 1 aliphatic rings. The summed E-state index contributed by atoms with van der Waals surface area (Å²) in [5.41, 5.74) is -0.621. The first-order valence-corrected chi connectivity index (χ1v) is 7.54. The molecule has 1 aromatic carbocycles. The lowest BCUT2D eigenvalue weighted by Crippen LogP contribution is -2.50. The van der Waals surface area contributed by atoms with E-state index >= 15 is 0 Å². The first-order valence-electron chi connectivity index (χ1n) is 7.54. The highest BCUT2D eigenvalue weighted by Crippen LogP contribution is 2.29. The molecule has 2 amide bonds. The summed E-state index contributed by atoms with van der Waals surface area (Å²) in [4.78, 5) is 35.2. The molecule has 25 heavy (non-hydrogen) atoms. The summed E-state index contributed by atoms with van der Waals surface area (Å²) < 4.78 is 42.9. The number of ether oxygens (including phenoxy) is 1. The Labute approximate surface area is 141 Å². The van der Waals surface area contributed by atoms with E-state index in [0.717, 1.165) is 19.2 Å². The predicted molar refractivity (Wildman–Crippen MR) is 80.3 cm³/mol. The topological polar surface area (TPSA) is 84.5 Å². The number of halogens is 3. The normalized spacial score (nSPS) is 18.4. The van der Waals surface area contributed by atoms with Crippen LogP contribution in [-0.2, 0) is 31.7 Å². The van der Waals surface area contributed by atoms with E-state index in [2.05, 4.69) is 15.4 Å². The third kappa shape index (κ3) is 4.94. The quantitative estimate of drug-likeness (QED) is 0.775. The van der Waals surface area contributed by atoms with Crippen LogP contribution in [0.25, 0.3) is 0 Å². The standard InChI is InChI=1S/C16H17F3N2O4/c1-25-15(24)12(21-14(23)11-5-6-13(22)20-11)8-9-3-2-4-10(7-9)16(17,18)19/h2-4,7,11-12H,5-6,8H2,1H3,(H,20,22)(H,21,23)/t11-,12+/m0/s1. The van der Waals surface area contributed by atoms with Crippen molar-refractivity contribution in [2.24, 2.45) is 0 Å². The fourth-order valence-corrected chi connectivity index (χ4v) is 2.53. The number of nitrogens with one attached hydrogen (secondary N) is 2. The van der Waals surface area contributed by atoms with Gasteiger partial charge in [-0.25, -0.2) is 4.79 Å². The van der Waals surface area contributed by atoms with Crippen LogP contribution in [0.3, 0.4) is 0 Å². The number of rotatable bonds is 5.